The lowest BCUT2D eigenvalue weighted by Crippen LogP contribution is -2.52. The number of nitrogens with one attached hydrogen (secondary N) is 2. The van der Waals surface area contributed by atoms with Gasteiger partial charge in [0.15, 0.2) is 0 Å². The van der Waals surface area contributed by atoms with Crippen molar-refractivity contribution >= 4 is 17.9 Å². The van der Waals surface area contributed by atoms with Crippen molar-refractivity contribution in [3.05, 3.63) is 0 Å². The molecule has 7 heteroatoms. The smallest absolute Gasteiger partial charge is 0.326 e. The van der Waals surface area contributed by atoms with E-state index >= 15 is 0 Å². The molecule has 0 saturated heterocycles. The van der Waals surface area contributed by atoms with Crippen LogP contribution in [-0.4, -0.2) is 35.1 Å². The van der Waals surface area contributed by atoms with Crippen LogP contribution in [0.25, 0.3) is 0 Å². The number of aliphatic carboxylic acids is 1. The maximum Gasteiger partial charge on any atom is 0.326 e. The van der Waals surface area contributed by atoms with Crippen LogP contribution < -0.4 is 16.4 Å². The van der Waals surface area contributed by atoms with Crippen molar-refractivity contribution in [1.29, 1.82) is 0 Å². The average Bonchev–Trinajstić information content (AvgIpc) is 2.13. The summed E-state index contributed by atoms with van der Waals surface area (Å²) < 4.78 is 0. The summed E-state index contributed by atoms with van der Waals surface area (Å²) in [6, 6.07) is -1.76. The Kier molecular flexibility index (Phi) is 4.30. The van der Waals surface area contributed by atoms with Crippen molar-refractivity contribution in [2.75, 3.05) is 0 Å². The van der Waals surface area contributed by atoms with Gasteiger partial charge in [-0.3, -0.25) is 4.79 Å². The highest BCUT2D eigenvalue weighted by Gasteiger charge is 2.28. The molecule has 1 rings (SSSR count). The van der Waals surface area contributed by atoms with E-state index < -0.39 is 30.4 Å². The molecule has 17 heavy (non-hydrogen) atoms. The molecule has 5 N–H and O–H groups in total. The van der Waals surface area contributed by atoms with Gasteiger partial charge < -0.3 is 21.5 Å². The zero-order valence-corrected chi connectivity index (χ0v) is 9.60. The number of carbonyl (C=O) groups excluding carboxylic acids is 2. The first-order valence-corrected chi connectivity index (χ1v) is 5.46. The van der Waals surface area contributed by atoms with Crippen LogP contribution in [0.4, 0.5) is 4.79 Å². The Morgan fingerprint density at radius 2 is 2.00 bits per heavy atom. The highest BCUT2D eigenvalue weighted by Crippen LogP contribution is 2.25. The Morgan fingerprint density at radius 3 is 2.41 bits per heavy atom. The van der Waals surface area contributed by atoms with E-state index in [-0.39, 0.29) is 6.04 Å². The second-order valence-electron chi connectivity index (χ2n) is 4.45. The van der Waals surface area contributed by atoms with Crippen LogP contribution >= 0.6 is 0 Å². The maximum atomic E-state index is 11.4. The summed E-state index contributed by atoms with van der Waals surface area (Å²) in [4.78, 5) is 32.8. The minimum absolute atomic E-state index is 0.0908. The van der Waals surface area contributed by atoms with E-state index in [4.69, 9.17) is 10.8 Å². The molecule has 0 spiro atoms. The number of primary amides is 1. The van der Waals surface area contributed by atoms with Crippen molar-refractivity contribution in [1.82, 2.24) is 10.6 Å². The Bertz CT molecular complexity index is 326. The summed E-state index contributed by atoms with van der Waals surface area (Å²) in [5.74, 6) is -1.46. The fourth-order valence-electron chi connectivity index (χ4n) is 1.81. The summed E-state index contributed by atoms with van der Waals surface area (Å²) in [5, 5.41) is 13.6. The number of hydrogen-bond donors (Lipinski definition) is 4. The van der Waals surface area contributed by atoms with Crippen molar-refractivity contribution < 1.29 is 19.5 Å². The van der Waals surface area contributed by atoms with Crippen LogP contribution in [0.3, 0.4) is 0 Å². The first kappa shape index (κ1) is 13.3. The van der Waals surface area contributed by atoms with Crippen LogP contribution in [-0.2, 0) is 9.59 Å². The van der Waals surface area contributed by atoms with Gasteiger partial charge in [-0.25, -0.2) is 9.59 Å². The van der Waals surface area contributed by atoms with Gasteiger partial charge in [-0.2, -0.15) is 0 Å². The SMILES string of the molecule is CC1CC(NC(=O)N[C@H](CC(N)=O)C(=O)O)C1. The van der Waals surface area contributed by atoms with Gasteiger partial charge >= 0.3 is 12.0 Å². The standard InChI is InChI=1S/C10H17N3O4/c1-5-2-6(3-5)12-10(17)13-7(9(15)16)4-8(11)14/h5-7H,2-4H2,1H3,(H2,11,14)(H,15,16)(H2,12,13,17)/t5?,6?,7-/m1/s1. The number of carboxylic acids is 1. The maximum absolute atomic E-state index is 11.4. The molecule has 3 amide bonds. The van der Waals surface area contributed by atoms with Gasteiger partial charge in [0, 0.05) is 6.04 Å². The summed E-state index contributed by atoms with van der Waals surface area (Å²) >= 11 is 0. The average molecular weight is 243 g/mol. The fraction of sp³-hybridized carbons (Fsp3) is 0.700. The molecule has 1 saturated carbocycles. The van der Waals surface area contributed by atoms with Crippen LogP contribution in [0, 0.1) is 5.92 Å². The van der Waals surface area contributed by atoms with Gasteiger partial charge in [0.1, 0.15) is 6.04 Å². The molecule has 0 aromatic carbocycles. The number of carbonyl (C=O) groups is 3. The molecule has 1 aliphatic carbocycles. The lowest BCUT2D eigenvalue weighted by Gasteiger charge is -2.33. The van der Waals surface area contributed by atoms with Crippen LogP contribution in [0.5, 0.6) is 0 Å². The third kappa shape index (κ3) is 4.29. The lowest BCUT2D eigenvalue weighted by molar-refractivity contribution is -0.140. The third-order valence-electron chi connectivity index (χ3n) is 2.72. The molecular formula is C10H17N3O4. The first-order chi connectivity index (χ1) is 7.88. The van der Waals surface area contributed by atoms with Crippen molar-refractivity contribution in [2.45, 2.75) is 38.3 Å². The van der Waals surface area contributed by atoms with E-state index in [1.807, 2.05) is 0 Å². The van der Waals surface area contributed by atoms with Crippen LogP contribution in [0.2, 0.25) is 0 Å². The summed E-state index contributed by atoms with van der Waals surface area (Å²) in [5.41, 5.74) is 4.89. The fourth-order valence-corrected chi connectivity index (χ4v) is 1.81. The number of nitrogens with two attached hydrogens (primary N) is 1. The Morgan fingerprint density at radius 1 is 1.41 bits per heavy atom. The minimum Gasteiger partial charge on any atom is -0.480 e. The summed E-state index contributed by atoms with van der Waals surface area (Å²) in [6.45, 7) is 2.07. The monoisotopic (exact) mass is 243 g/mol. The normalized spacial score (nSPS) is 24.3. The molecule has 0 aliphatic heterocycles. The molecule has 0 bridgehead atoms. The van der Waals surface area contributed by atoms with Gasteiger partial charge in [-0.1, -0.05) is 6.92 Å². The second kappa shape index (κ2) is 5.51. The highest BCUT2D eigenvalue weighted by atomic mass is 16.4. The van der Waals surface area contributed by atoms with E-state index in [1.165, 1.54) is 0 Å². The molecule has 96 valence electrons. The minimum atomic E-state index is -1.28. The van der Waals surface area contributed by atoms with Gasteiger partial charge in [0.25, 0.3) is 0 Å². The van der Waals surface area contributed by atoms with Gasteiger partial charge in [0.05, 0.1) is 6.42 Å². The van der Waals surface area contributed by atoms with Crippen LogP contribution in [0.15, 0.2) is 0 Å². The summed E-state index contributed by atoms with van der Waals surface area (Å²) in [7, 11) is 0. The first-order valence-electron chi connectivity index (χ1n) is 5.46. The molecule has 0 heterocycles. The Hall–Kier alpha value is -1.79. The predicted octanol–water partition coefficient (Wildman–Crippen LogP) is -0.587. The summed E-state index contributed by atoms with van der Waals surface area (Å²) in [6.07, 6.45) is 1.37. The zero-order valence-electron chi connectivity index (χ0n) is 9.60. The highest BCUT2D eigenvalue weighted by molar-refractivity contribution is 5.87. The largest absolute Gasteiger partial charge is 0.480 e. The number of carboxylic acid groups (broad SMARTS) is 1. The Balaban J connectivity index is 2.36. The quantitative estimate of drug-likeness (QED) is 0.515. The number of urea groups is 1. The molecule has 7 nitrogen and oxygen atoms in total. The molecule has 0 aromatic heterocycles. The van der Waals surface area contributed by atoms with Gasteiger partial charge in [-0.15, -0.1) is 0 Å². The molecule has 1 atom stereocenters. The Labute approximate surface area is 98.7 Å². The van der Waals surface area contributed by atoms with E-state index in [1.54, 1.807) is 0 Å². The second-order valence-corrected chi connectivity index (χ2v) is 4.45. The van der Waals surface area contributed by atoms with Crippen molar-refractivity contribution in [2.24, 2.45) is 11.7 Å². The van der Waals surface area contributed by atoms with Gasteiger partial charge in [-0.05, 0) is 18.8 Å². The molecule has 0 radical (unpaired) electrons. The van der Waals surface area contributed by atoms with E-state index in [0.29, 0.717) is 5.92 Å². The molecule has 1 aliphatic rings. The number of hydrogen-bond acceptors (Lipinski definition) is 3. The zero-order chi connectivity index (χ0) is 13.0. The number of amides is 3. The molecule has 0 aromatic rings. The van der Waals surface area contributed by atoms with E-state index in [0.717, 1.165) is 12.8 Å². The van der Waals surface area contributed by atoms with Gasteiger partial charge in [0.2, 0.25) is 5.91 Å². The van der Waals surface area contributed by atoms with E-state index in [2.05, 4.69) is 17.6 Å². The van der Waals surface area contributed by atoms with Crippen molar-refractivity contribution in [3.63, 3.8) is 0 Å². The van der Waals surface area contributed by atoms with Crippen molar-refractivity contribution in [3.8, 4) is 0 Å². The molecule has 0 unspecified atom stereocenters. The molecule has 1 fully saturated rings. The van der Waals surface area contributed by atoms with E-state index in [9.17, 15) is 14.4 Å². The predicted molar refractivity (Wildman–Crippen MR) is 59.1 cm³/mol. The third-order valence-corrected chi connectivity index (χ3v) is 2.72. The van der Waals surface area contributed by atoms with Crippen LogP contribution in [0.1, 0.15) is 26.2 Å². The topological polar surface area (TPSA) is 122 Å². The molecular weight excluding hydrogens is 226 g/mol. The lowest BCUT2D eigenvalue weighted by atomic mass is 9.82. The number of rotatable bonds is 5.